The van der Waals surface area contributed by atoms with Crippen molar-refractivity contribution in [2.75, 3.05) is 17.9 Å². The van der Waals surface area contributed by atoms with Crippen molar-refractivity contribution in [1.82, 2.24) is 5.32 Å². The molecule has 1 amide bonds. The number of carbonyl (C=O) groups excluding carboxylic acids is 1. The molecule has 1 heterocycles. The van der Waals surface area contributed by atoms with Crippen LogP contribution in [0.3, 0.4) is 0 Å². The maximum absolute atomic E-state index is 13.1. The molecule has 7 nitrogen and oxygen atoms in total. The van der Waals surface area contributed by atoms with Crippen LogP contribution in [0, 0.1) is 20.8 Å². The van der Waals surface area contributed by atoms with Crippen molar-refractivity contribution in [2.45, 2.75) is 38.6 Å². The molecule has 8 heteroatoms. The normalized spacial score (nSPS) is 13.8. The first-order valence-corrected chi connectivity index (χ1v) is 12.5. The number of aryl methyl sites for hydroxylation is 3. The van der Waals surface area contributed by atoms with Gasteiger partial charge in [-0.05, 0) is 86.3 Å². The lowest BCUT2D eigenvalue weighted by molar-refractivity contribution is 0.0939. The van der Waals surface area contributed by atoms with Crippen LogP contribution in [-0.2, 0) is 10.0 Å². The standard InChI is InChI=1S/C26H28N2O5S/c1-16-6-9-22(13-18(16)3)28-34(30,31)25-15-21(7-5-17(25)2)26(29)27-19(4)20-8-10-23-24(14-20)33-12-11-32-23/h5-10,13-15,19,28H,11-12H2,1-4H3,(H,27,29)/t19-/m0/s1. The maximum Gasteiger partial charge on any atom is 0.262 e. The van der Waals surface area contributed by atoms with Gasteiger partial charge in [-0.25, -0.2) is 8.42 Å². The summed E-state index contributed by atoms with van der Waals surface area (Å²) in [5, 5.41) is 2.93. The minimum Gasteiger partial charge on any atom is -0.486 e. The minimum absolute atomic E-state index is 0.0605. The van der Waals surface area contributed by atoms with E-state index in [1.54, 1.807) is 31.2 Å². The SMILES string of the molecule is Cc1ccc(NS(=O)(=O)c2cc(C(=O)N[C@@H](C)c3ccc4c(c3)OCCO4)ccc2C)cc1C. The Morgan fingerprint density at radius 1 is 0.853 bits per heavy atom. The summed E-state index contributed by atoms with van der Waals surface area (Å²) in [6.07, 6.45) is 0. The van der Waals surface area contributed by atoms with Gasteiger partial charge in [0.1, 0.15) is 13.2 Å². The van der Waals surface area contributed by atoms with Gasteiger partial charge in [0.05, 0.1) is 10.9 Å². The minimum atomic E-state index is -3.88. The molecule has 0 saturated heterocycles. The Morgan fingerprint density at radius 3 is 2.29 bits per heavy atom. The topological polar surface area (TPSA) is 93.7 Å². The Morgan fingerprint density at radius 2 is 1.56 bits per heavy atom. The summed E-state index contributed by atoms with van der Waals surface area (Å²) in [5.74, 6) is 0.953. The van der Waals surface area contributed by atoms with Gasteiger partial charge in [-0.2, -0.15) is 0 Å². The van der Waals surface area contributed by atoms with Crippen LogP contribution in [0.5, 0.6) is 11.5 Å². The smallest absolute Gasteiger partial charge is 0.262 e. The number of hydrogen-bond donors (Lipinski definition) is 2. The van der Waals surface area contributed by atoms with Crippen molar-refractivity contribution in [3.8, 4) is 11.5 Å². The molecular formula is C26H28N2O5S. The molecule has 4 rings (SSSR count). The molecule has 0 aliphatic carbocycles. The Bertz CT molecular complexity index is 1350. The summed E-state index contributed by atoms with van der Waals surface area (Å²) in [5.41, 5.74) is 4.20. The van der Waals surface area contributed by atoms with Crippen LogP contribution in [0.1, 0.15) is 45.6 Å². The third kappa shape index (κ3) is 5.02. The predicted octanol–water partition coefficient (Wildman–Crippen LogP) is 4.67. The molecular weight excluding hydrogens is 452 g/mol. The highest BCUT2D eigenvalue weighted by molar-refractivity contribution is 7.92. The lowest BCUT2D eigenvalue weighted by Gasteiger charge is -2.21. The van der Waals surface area contributed by atoms with Gasteiger partial charge in [0.25, 0.3) is 15.9 Å². The monoisotopic (exact) mass is 480 g/mol. The van der Waals surface area contributed by atoms with E-state index in [0.717, 1.165) is 16.7 Å². The fourth-order valence-electron chi connectivity index (χ4n) is 3.74. The van der Waals surface area contributed by atoms with E-state index in [2.05, 4.69) is 10.0 Å². The van der Waals surface area contributed by atoms with Gasteiger partial charge in [-0.1, -0.05) is 18.2 Å². The Hall–Kier alpha value is -3.52. The average Bonchev–Trinajstić information content (AvgIpc) is 2.81. The van der Waals surface area contributed by atoms with Crippen LogP contribution in [0.4, 0.5) is 5.69 Å². The van der Waals surface area contributed by atoms with Crippen LogP contribution in [-0.4, -0.2) is 27.5 Å². The molecule has 0 bridgehead atoms. The van der Waals surface area contributed by atoms with Crippen LogP contribution in [0.15, 0.2) is 59.5 Å². The number of carbonyl (C=O) groups is 1. The molecule has 3 aromatic rings. The van der Waals surface area contributed by atoms with E-state index in [1.165, 1.54) is 6.07 Å². The van der Waals surface area contributed by atoms with Gasteiger partial charge in [-0.3, -0.25) is 9.52 Å². The Balaban J connectivity index is 1.53. The molecule has 0 spiro atoms. The zero-order valence-electron chi connectivity index (χ0n) is 19.6. The zero-order valence-corrected chi connectivity index (χ0v) is 20.5. The van der Waals surface area contributed by atoms with Crippen molar-refractivity contribution < 1.29 is 22.7 Å². The zero-order chi connectivity index (χ0) is 24.5. The van der Waals surface area contributed by atoms with E-state index >= 15 is 0 Å². The highest BCUT2D eigenvalue weighted by Crippen LogP contribution is 2.32. The van der Waals surface area contributed by atoms with Crippen LogP contribution in [0.2, 0.25) is 0 Å². The number of anilines is 1. The van der Waals surface area contributed by atoms with E-state index in [9.17, 15) is 13.2 Å². The highest BCUT2D eigenvalue weighted by Gasteiger charge is 2.21. The van der Waals surface area contributed by atoms with Gasteiger partial charge in [-0.15, -0.1) is 0 Å². The Labute approximate surface area is 200 Å². The molecule has 0 fully saturated rings. The molecule has 2 N–H and O–H groups in total. The third-order valence-electron chi connectivity index (χ3n) is 5.91. The third-order valence-corrected chi connectivity index (χ3v) is 7.44. The maximum atomic E-state index is 13.1. The number of benzene rings is 3. The van der Waals surface area contributed by atoms with Crippen molar-refractivity contribution in [1.29, 1.82) is 0 Å². The fourth-order valence-corrected chi connectivity index (χ4v) is 5.06. The number of ether oxygens (including phenoxy) is 2. The molecule has 1 aliphatic rings. The first-order valence-electron chi connectivity index (χ1n) is 11.1. The molecule has 0 radical (unpaired) electrons. The summed E-state index contributed by atoms with van der Waals surface area (Å²) >= 11 is 0. The van der Waals surface area contributed by atoms with E-state index in [-0.39, 0.29) is 22.4 Å². The number of rotatable bonds is 6. The lowest BCUT2D eigenvalue weighted by atomic mass is 10.1. The van der Waals surface area contributed by atoms with Gasteiger partial charge >= 0.3 is 0 Å². The van der Waals surface area contributed by atoms with Crippen LogP contribution < -0.4 is 19.5 Å². The number of sulfonamides is 1. The highest BCUT2D eigenvalue weighted by atomic mass is 32.2. The second-order valence-corrected chi connectivity index (χ2v) is 10.1. The first kappa shape index (κ1) is 23.6. The number of amides is 1. The average molecular weight is 481 g/mol. The van der Waals surface area contributed by atoms with E-state index in [1.807, 2.05) is 45.0 Å². The van der Waals surface area contributed by atoms with Crippen molar-refractivity contribution in [3.63, 3.8) is 0 Å². The molecule has 0 aromatic heterocycles. The van der Waals surface area contributed by atoms with Crippen LogP contribution in [0.25, 0.3) is 0 Å². The molecule has 1 aliphatic heterocycles. The molecule has 3 aromatic carbocycles. The summed E-state index contributed by atoms with van der Waals surface area (Å²) in [4.78, 5) is 13.0. The summed E-state index contributed by atoms with van der Waals surface area (Å²) in [6, 6.07) is 15.3. The summed E-state index contributed by atoms with van der Waals surface area (Å²) in [6.45, 7) is 8.44. The molecule has 34 heavy (non-hydrogen) atoms. The van der Waals surface area contributed by atoms with Gasteiger partial charge in [0.15, 0.2) is 11.5 Å². The molecule has 1 atom stereocenters. The molecule has 0 saturated carbocycles. The quantitative estimate of drug-likeness (QED) is 0.535. The first-order chi connectivity index (χ1) is 16.1. The van der Waals surface area contributed by atoms with Gasteiger partial charge in [0.2, 0.25) is 0 Å². The van der Waals surface area contributed by atoms with Crippen molar-refractivity contribution >= 4 is 21.6 Å². The van der Waals surface area contributed by atoms with E-state index in [0.29, 0.717) is 36.0 Å². The number of hydrogen-bond acceptors (Lipinski definition) is 5. The van der Waals surface area contributed by atoms with Crippen molar-refractivity contribution in [3.05, 3.63) is 82.4 Å². The largest absolute Gasteiger partial charge is 0.486 e. The summed E-state index contributed by atoms with van der Waals surface area (Å²) < 4.78 is 40.0. The van der Waals surface area contributed by atoms with Crippen LogP contribution >= 0.6 is 0 Å². The molecule has 0 unspecified atom stereocenters. The second kappa shape index (κ2) is 9.38. The molecule has 178 valence electrons. The van der Waals surface area contributed by atoms with Gasteiger partial charge in [0, 0.05) is 11.3 Å². The lowest BCUT2D eigenvalue weighted by Crippen LogP contribution is -2.27. The Kier molecular flexibility index (Phi) is 6.52. The number of fused-ring (bicyclic) bond motifs is 1. The van der Waals surface area contributed by atoms with Gasteiger partial charge < -0.3 is 14.8 Å². The van der Waals surface area contributed by atoms with E-state index < -0.39 is 10.0 Å². The van der Waals surface area contributed by atoms with Crippen molar-refractivity contribution in [2.24, 2.45) is 0 Å². The number of nitrogens with one attached hydrogen (secondary N) is 2. The predicted molar refractivity (Wildman–Crippen MR) is 131 cm³/mol. The summed E-state index contributed by atoms with van der Waals surface area (Å²) in [7, 11) is -3.88. The fraction of sp³-hybridized carbons (Fsp3) is 0.269. The second-order valence-electron chi connectivity index (χ2n) is 8.48. The van der Waals surface area contributed by atoms with E-state index in [4.69, 9.17) is 9.47 Å².